The summed E-state index contributed by atoms with van der Waals surface area (Å²) in [5.74, 6) is 1.15. The van der Waals surface area contributed by atoms with Crippen molar-refractivity contribution in [3.8, 4) is 17.7 Å². The molecule has 0 aliphatic heterocycles. The van der Waals surface area contributed by atoms with E-state index in [0.29, 0.717) is 22.9 Å². The normalized spacial score (nSPS) is 10.2. The van der Waals surface area contributed by atoms with Crippen molar-refractivity contribution >= 4 is 16.6 Å². The van der Waals surface area contributed by atoms with E-state index in [1.54, 1.807) is 36.4 Å². The molecule has 0 aliphatic carbocycles. The van der Waals surface area contributed by atoms with Gasteiger partial charge in [-0.1, -0.05) is 0 Å². The quantitative estimate of drug-likeness (QED) is 0.717. The summed E-state index contributed by atoms with van der Waals surface area (Å²) in [4.78, 5) is 4.41. The summed E-state index contributed by atoms with van der Waals surface area (Å²) in [5, 5.41) is 9.72. The number of nitriles is 1. The van der Waals surface area contributed by atoms with Gasteiger partial charge in [0, 0.05) is 17.1 Å². The van der Waals surface area contributed by atoms with E-state index in [0.717, 1.165) is 10.9 Å². The van der Waals surface area contributed by atoms with E-state index >= 15 is 0 Å². The van der Waals surface area contributed by atoms with E-state index in [9.17, 15) is 0 Å². The van der Waals surface area contributed by atoms with Crippen LogP contribution in [0.15, 0.2) is 54.6 Å². The molecule has 3 aromatic rings. The van der Waals surface area contributed by atoms with Crippen molar-refractivity contribution in [3.05, 3.63) is 60.2 Å². The fraction of sp³-hybridized carbons (Fsp3) is 0. The van der Waals surface area contributed by atoms with Crippen LogP contribution in [0, 0.1) is 11.3 Å². The highest BCUT2D eigenvalue weighted by atomic mass is 16.5. The van der Waals surface area contributed by atoms with Gasteiger partial charge >= 0.3 is 0 Å². The zero-order valence-electron chi connectivity index (χ0n) is 10.6. The molecule has 20 heavy (non-hydrogen) atoms. The second-order valence-electron chi connectivity index (χ2n) is 4.34. The number of nitrogen functional groups attached to an aromatic ring is 1. The molecular weight excluding hydrogens is 250 g/mol. The van der Waals surface area contributed by atoms with Gasteiger partial charge in [-0.2, -0.15) is 5.26 Å². The van der Waals surface area contributed by atoms with Gasteiger partial charge in [-0.15, -0.1) is 0 Å². The Labute approximate surface area is 116 Å². The van der Waals surface area contributed by atoms with Gasteiger partial charge in [0.2, 0.25) is 5.88 Å². The fourth-order valence-corrected chi connectivity index (χ4v) is 1.90. The van der Waals surface area contributed by atoms with Gasteiger partial charge in [-0.3, -0.25) is 0 Å². The first kappa shape index (κ1) is 12.0. The van der Waals surface area contributed by atoms with Crippen LogP contribution in [0.3, 0.4) is 0 Å². The van der Waals surface area contributed by atoms with Crippen molar-refractivity contribution in [3.63, 3.8) is 0 Å². The summed E-state index contributed by atoms with van der Waals surface area (Å²) < 4.78 is 5.66. The van der Waals surface area contributed by atoms with E-state index in [1.807, 2.05) is 18.2 Å². The maximum atomic E-state index is 8.75. The zero-order chi connectivity index (χ0) is 13.9. The Bertz CT molecular complexity index is 804. The number of benzene rings is 2. The first-order valence-corrected chi connectivity index (χ1v) is 6.09. The second kappa shape index (κ2) is 4.90. The van der Waals surface area contributed by atoms with Gasteiger partial charge in [0.15, 0.2) is 0 Å². The van der Waals surface area contributed by atoms with Crippen LogP contribution >= 0.6 is 0 Å². The van der Waals surface area contributed by atoms with E-state index in [1.165, 1.54) is 0 Å². The van der Waals surface area contributed by atoms with Crippen LogP contribution in [0.2, 0.25) is 0 Å². The minimum absolute atomic E-state index is 0.506. The molecule has 1 heterocycles. The Balaban J connectivity index is 1.90. The molecule has 1 aromatic heterocycles. The summed E-state index contributed by atoms with van der Waals surface area (Å²) in [5.41, 5.74) is 7.86. The average molecular weight is 261 g/mol. The molecule has 2 aromatic carbocycles. The molecule has 0 amide bonds. The van der Waals surface area contributed by atoms with E-state index in [4.69, 9.17) is 15.7 Å². The van der Waals surface area contributed by atoms with Crippen molar-refractivity contribution in [1.82, 2.24) is 4.98 Å². The SMILES string of the molecule is N#Cc1ccc(Oc2ccc3cc(N)ccc3n2)cc1. The topological polar surface area (TPSA) is 71.9 Å². The monoisotopic (exact) mass is 261 g/mol. The zero-order valence-corrected chi connectivity index (χ0v) is 10.6. The third kappa shape index (κ3) is 2.38. The smallest absolute Gasteiger partial charge is 0.219 e. The average Bonchev–Trinajstić information content (AvgIpc) is 2.48. The number of anilines is 1. The Kier molecular flexibility index (Phi) is 2.94. The maximum Gasteiger partial charge on any atom is 0.219 e. The molecule has 0 aliphatic rings. The lowest BCUT2D eigenvalue weighted by Gasteiger charge is -2.06. The standard InChI is InChI=1S/C16H11N3O/c17-10-11-1-5-14(6-2-11)20-16-8-3-12-9-13(18)4-7-15(12)19-16/h1-9H,18H2. The Morgan fingerprint density at radius 1 is 1.00 bits per heavy atom. The van der Waals surface area contributed by atoms with Crippen LogP contribution < -0.4 is 10.5 Å². The molecule has 3 rings (SSSR count). The number of hydrogen-bond acceptors (Lipinski definition) is 4. The molecule has 0 radical (unpaired) electrons. The van der Waals surface area contributed by atoms with Crippen molar-refractivity contribution < 1.29 is 4.74 Å². The minimum Gasteiger partial charge on any atom is -0.439 e. The summed E-state index contributed by atoms with van der Waals surface area (Å²) in [7, 11) is 0. The van der Waals surface area contributed by atoms with Crippen LogP contribution in [-0.2, 0) is 0 Å². The number of nitrogens with zero attached hydrogens (tertiary/aromatic N) is 2. The van der Waals surface area contributed by atoms with Crippen LogP contribution in [0.5, 0.6) is 11.6 Å². The first-order chi connectivity index (χ1) is 9.74. The number of aromatic nitrogens is 1. The molecule has 0 atom stereocenters. The van der Waals surface area contributed by atoms with Gasteiger partial charge in [-0.05, 0) is 48.5 Å². The summed E-state index contributed by atoms with van der Waals surface area (Å²) in [6, 6.07) is 18.2. The summed E-state index contributed by atoms with van der Waals surface area (Å²) in [6.45, 7) is 0. The van der Waals surface area contributed by atoms with Crippen molar-refractivity contribution in [2.45, 2.75) is 0 Å². The molecule has 2 N–H and O–H groups in total. The lowest BCUT2D eigenvalue weighted by molar-refractivity contribution is 0.465. The highest BCUT2D eigenvalue weighted by molar-refractivity contribution is 5.82. The molecule has 0 saturated heterocycles. The largest absolute Gasteiger partial charge is 0.439 e. The molecule has 0 fully saturated rings. The molecule has 4 nitrogen and oxygen atoms in total. The Morgan fingerprint density at radius 3 is 2.55 bits per heavy atom. The molecule has 96 valence electrons. The molecule has 0 spiro atoms. The molecule has 4 heteroatoms. The van der Waals surface area contributed by atoms with Crippen molar-refractivity contribution in [2.75, 3.05) is 5.73 Å². The lowest BCUT2D eigenvalue weighted by Crippen LogP contribution is -1.90. The molecular formula is C16H11N3O. The lowest BCUT2D eigenvalue weighted by atomic mass is 10.2. The number of pyridine rings is 1. The number of ether oxygens (including phenoxy) is 1. The summed E-state index contributed by atoms with van der Waals surface area (Å²) in [6.07, 6.45) is 0. The van der Waals surface area contributed by atoms with Gasteiger partial charge in [0.1, 0.15) is 5.75 Å². The van der Waals surface area contributed by atoms with Gasteiger partial charge in [0.05, 0.1) is 17.1 Å². The Morgan fingerprint density at radius 2 is 1.80 bits per heavy atom. The van der Waals surface area contributed by atoms with Crippen molar-refractivity contribution in [2.24, 2.45) is 0 Å². The van der Waals surface area contributed by atoms with Gasteiger partial charge < -0.3 is 10.5 Å². The van der Waals surface area contributed by atoms with Crippen LogP contribution in [0.4, 0.5) is 5.69 Å². The van der Waals surface area contributed by atoms with Crippen LogP contribution in [-0.4, -0.2) is 4.98 Å². The predicted molar refractivity (Wildman–Crippen MR) is 77.4 cm³/mol. The summed E-state index contributed by atoms with van der Waals surface area (Å²) >= 11 is 0. The van der Waals surface area contributed by atoms with Crippen LogP contribution in [0.25, 0.3) is 10.9 Å². The van der Waals surface area contributed by atoms with Crippen molar-refractivity contribution in [1.29, 1.82) is 5.26 Å². The minimum atomic E-state index is 0.506. The third-order valence-corrected chi connectivity index (χ3v) is 2.89. The number of rotatable bonds is 2. The number of hydrogen-bond donors (Lipinski definition) is 1. The molecule has 0 saturated carbocycles. The predicted octanol–water partition coefficient (Wildman–Crippen LogP) is 3.48. The Hall–Kier alpha value is -3.06. The van der Waals surface area contributed by atoms with E-state index < -0.39 is 0 Å². The highest BCUT2D eigenvalue weighted by Gasteiger charge is 2.02. The van der Waals surface area contributed by atoms with Gasteiger partial charge in [-0.25, -0.2) is 4.98 Å². The maximum absolute atomic E-state index is 8.75. The fourth-order valence-electron chi connectivity index (χ4n) is 1.90. The number of nitrogens with two attached hydrogens (primary N) is 1. The third-order valence-electron chi connectivity index (χ3n) is 2.89. The van der Waals surface area contributed by atoms with Crippen LogP contribution in [0.1, 0.15) is 5.56 Å². The number of fused-ring (bicyclic) bond motifs is 1. The first-order valence-electron chi connectivity index (χ1n) is 6.09. The highest BCUT2D eigenvalue weighted by Crippen LogP contribution is 2.23. The van der Waals surface area contributed by atoms with Gasteiger partial charge in [0.25, 0.3) is 0 Å². The van der Waals surface area contributed by atoms with E-state index in [-0.39, 0.29) is 0 Å². The molecule has 0 bridgehead atoms. The second-order valence-corrected chi connectivity index (χ2v) is 4.34. The van der Waals surface area contributed by atoms with E-state index in [2.05, 4.69) is 11.1 Å². The molecule has 0 unspecified atom stereocenters.